The van der Waals surface area contributed by atoms with Crippen LogP contribution in [0.25, 0.3) is 0 Å². The smallest absolute Gasteiger partial charge is 0.404 e. The number of hydrogen-bond acceptors (Lipinski definition) is 10. The first-order valence-electron chi connectivity index (χ1n) is 10.3. The second-order valence-electron chi connectivity index (χ2n) is 8.35. The summed E-state index contributed by atoms with van der Waals surface area (Å²) in [5, 5.41) is 17.1. The van der Waals surface area contributed by atoms with Crippen molar-refractivity contribution in [3.8, 4) is 0 Å². The fourth-order valence-corrected chi connectivity index (χ4v) is 5.25. The number of benzene rings is 1. The summed E-state index contributed by atoms with van der Waals surface area (Å²) in [6, 6.07) is 5.47. The van der Waals surface area contributed by atoms with E-state index < -0.39 is 28.4 Å². The van der Waals surface area contributed by atoms with Crippen molar-refractivity contribution >= 4 is 29.0 Å². The van der Waals surface area contributed by atoms with Crippen molar-refractivity contribution in [2.75, 3.05) is 25.6 Å². The Balaban J connectivity index is 1.53. The van der Waals surface area contributed by atoms with E-state index in [4.69, 9.17) is 15.2 Å². The molecule has 1 aliphatic carbocycles. The van der Waals surface area contributed by atoms with Gasteiger partial charge >= 0.3 is 6.09 Å². The van der Waals surface area contributed by atoms with E-state index in [1.807, 2.05) is 0 Å². The number of hydrogen-bond donors (Lipinski definition) is 3. The minimum Gasteiger partial charge on any atom is -0.449 e. The summed E-state index contributed by atoms with van der Waals surface area (Å²) in [7, 11) is 1.50. The van der Waals surface area contributed by atoms with Gasteiger partial charge in [-0.1, -0.05) is 0 Å². The molecule has 2 saturated heterocycles. The lowest BCUT2D eigenvalue weighted by molar-refractivity contribution is -0.384. The van der Waals surface area contributed by atoms with Gasteiger partial charge in [-0.15, -0.1) is 0 Å². The lowest BCUT2D eigenvalue weighted by atomic mass is 9.82. The molecule has 4 unspecified atom stereocenters. The Hall–Kier alpha value is -3.77. The zero-order valence-electron chi connectivity index (χ0n) is 17.8. The quantitative estimate of drug-likeness (QED) is 0.236. The van der Waals surface area contributed by atoms with Gasteiger partial charge in [-0.05, 0) is 19.1 Å². The number of fused-ring (bicyclic) bond motifs is 4. The number of methoxy groups -OCH3 is 1. The number of allylic oxidation sites excluding steroid dienone is 2. The van der Waals surface area contributed by atoms with Crippen molar-refractivity contribution in [1.29, 1.82) is 0 Å². The highest BCUT2D eigenvalue weighted by Gasteiger charge is 2.72. The van der Waals surface area contributed by atoms with Crippen LogP contribution in [0.5, 0.6) is 0 Å². The van der Waals surface area contributed by atoms with E-state index >= 15 is 0 Å². The van der Waals surface area contributed by atoms with Gasteiger partial charge in [0.25, 0.3) is 5.69 Å². The number of nitrogens with zero attached hydrogens (tertiary/aromatic N) is 2. The van der Waals surface area contributed by atoms with E-state index in [-0.39, 0.29) is 52.7 Å². The molecule has 5 rings (SSSR count). The predicted octanol–water partition coefficient (Wildman–Crippen LogP) is 0.410. The highest BCUT2D eigenvalue weighted by Crippen LogP contribution is 2.55. The lowest BCUT2D eigenvalue weighted by Crippen LogP contribution is -2.55. The van der Waals surface area contributed by atoms with Crippen molar-refractivity contribution < 1.29 is 28.8 Å². The number of ketones is 2. The fraction of sp³-hybridized carbons (Fsp3) is 0.381. The number of nitrogens with two attached hydrogens (primary N) is 1. The van der Waals surface area contributed by atoms with Crippen LogP contribution >= 0.6 is 0 Å². The third-order valence-corrected chi connectivity index (χ3v) is 6.78. The number of non-ortho nitro benzene ring substituents is 1. The van der Waals surface area contributed by atoms with Crippen molar-refractivity contribution in [2.24, 2.45) is 11.7 Å². The number of Topliss-reactive ketones (excluding diaryl/α,β-unsaturated/α-hetero) is 2. The number of nitro benzene ring substituents is 1. The number of carbonyl (C=O) groups excluding carboxylic acids is 3. The van der Waals surface area contributed by atoms with Crippen LogP contribution in [-0.4, -0.2) is 65.6 Å². The summed E-state index contributed by atoms with van der Waals surface area (Å²) >= 11 is 0. The number of ether oxygens (including phenoxy) is 2. The molecular weight excluding hydrogens is 434 g/mol. The summed E-state index contributed by atoms with van der Waals surface area (Å²) < 4.78 is 11.0. The third-order valence-electron chi connectivity index (χ3n) is 6.78. The molecule has 3 heterocycles. The average molecular weight is 455 g/mol. The molecule has 0 bridgehead atoms. The van der Waals surface area contributed by atoms with E-state index in [0.29, 0.717) is 12.2 Å². The van der Waals surface area contributed by atoms with Gasteiger partial charge in [0.05, 0.1) is 28.3 Å². The van der Waals surface area contributed by atoms with E-state index in [1.165, 1.54) is 31.4 Å². The Bertz CT molecular complexity index is 1170. The van der Waals surface area contributed by atoms with E-state index in [2.05, 4.69) is 10.6 Å². The van der Waals surface area contributed by atoms with Crippen molar-refractivity contribution in [3.05, 3.63) is 56.9 Å². The Morgan fingerprint density at radius 2 is 2.03 bits per heavy atom. The second kappa shape index (κ2) is 7.12. The highest BCUT2D eigenvalue weighted by molar-refractivity contribution is 6.26. The van der Waals surface area contributed by atoms with Gasteiger partial charge in [0.15, 0.2) is 5.72 Å². The van der Waals surface area contributed by atoms with E-state index in [9.17, 15) is 24.5 Å². The molecule has 12 heteroatoms. The minimum atomic E-state index is -1.06. The van der Waals surface area contributed by atoms with Gasteiger partial charge in [-0.3, -0.25) is 19.7 Å². The maximum atomic E-state index is 13.7. The highest BCUT2D eigenvalue weighted by atomic mass is 16.6. The van der Waals surface area contributed by atoms with Crippen LogP contribution in [-0.2, 0) is 19.1 Å². The molecule has 12 nitrogen and oxygen atoms in total. The lowest BCUT2D eigenvalue weighted by Gasteiger charge is -2.39. The number of carbonyl (C=O) groups is 3. The van der Waals surface area contributed by atoms with Gasteiger partial charge < -0.3 is 30.7 Å². The van der Waals surface area contributed by atoms with Gasteiger partial charge in [-0.25, -0.2) is 4.79 Å². The van der Waals surface area contributed by atoms with Crippen molar-refractivity contribution in [1.82, 2.24) is 10.2 Å². The molecule has 33 heavy (non-hydrogen) atoms. The number of nitrogens with one attached hydrogen (secondary N) is 2. The summed E-state index contributed by atoms with van der Waals surface area (Å²) in [5.41, 5.74) is 5.16. The summed E-state index contributed by atoms with van der Waals surface area (Å²) in [6.07, 6.45) is -0.995. The Labute approximate surface area is 187 Å². The van der Waals surface area contributed by atoms with E-state index in [1.54, 1.807) is 11.8 Å². The predicted molar refractivity (Wildman–Crippen MR) is 113 cm³/mol. The molecule has 4 aliphatic rings. The van der Waals surface area contributed by atoms with Crippen LogP contribution < -0.4 is 16.4 Å². The monoisotopic (exact) mass is 455 g/mol. The molecular formula is C21H21N5O7. The average Bonchev–Trinajstić information content (AvgIpc) is 3.40. The van der Waals surface area contributed by atoms with Gasteiger partial charge in [-0.2, -0.15) is 0 Å². The van der Waals surface area contributed by atoms with Gasteiger partial charge in [0.1, 0.15) is 6.61 Å². The fourth-order valence-electron chi connectivity index (χ4n) is 5.25. The molecule has 1 aromatic rings. The Morgan fingerprint density at radius 1 is 1.33 bits per heavy atom. The van der Waals surface area contributed by atoms with Crippen molar-refractivity contribution in [3.63, 3.8) is 0 Å². The number of primary amides is 1. The largest absolute Gasteiger partial charge is 0.449 e. The Morgan fingerprint density at radius 3 is 2.64 bits per heavy atom. The first-order chi connectivity index (χ1) is 15.7. The molecule has 4 atom stereocenters. The molecule has 3 aliphatic heterocycles. The molecule has 4 N–H and O–H groups in total. The number of nitro groups is 1. The van der Waals surface area contributed by atoms with E-state index in [0.717, 1.165) is 0 Å². The maximum Gasteiger partial charge on any atom is 0.404 e. The SMILES string of the molecule is COC12C(COC(N)=O)C3=C(C(=O)C(C)=C(Nc4ccc([N+](=O)[O-])cc4)C3=O)N1CC1NC12. The third kappa shape index (κ3) is 2.87. The Kier molecular flexibility index (Phi) is 4.55. The normalized spacial score (nSPS) is 29.6. The second-order valence-corrected chi connectivity index (χ2v) is 8.35. The van der Waals surface area contributed by atoms with Crippen LogP contribution in [0.1, 0.15) is 6.92 Å². The number of anilines is 1. The maximum absolute atomic E-state index is 13.7. The number of piperazine rings is 1. The standard InChI is InChI=1S/C21H21N5O7/c1-9-15(23-10-3-5-11(6-4-10)26(30)31)18(28)14-12(8-33-20(22)29)21(32-2)19-13(24-19)7-25(21)16(14)17(9)27/h3-6,12-13,19,23-24H,7-8H2,1-2H3,(H2,22,29). The summed E-state index contributed by atoms with van der Waals surface area (Å²) in [4.78, 5) is 50.7. The first kappa shape index (κ1) is 21.1. The first-order valence-corrected chi connectivity index (χ1v) is 10.3. The molecule has 0 radical (unpaired) electrons. The number of amides is 1. The molecule has 0 aromatic heterocycles. The van der Waals surface area contributed by atoms with Crippen LogP contribution in [0.2, 0.25) is 0 Å². The van der Waals surface area contributed by atoms with Crippen LogP contribution in [0, 0.1) is 16.0 Å². The van der Waals surface area contributed by atoms with Crippen molar-refractivity contribution in [2.45, 2.75) is 24.7 Å². The summed E-state index contributed by atoms with van der Waals surface area (Å²) in [6.45, 7) is 1.79. The van der Waals surface area contributed by atoms with Crippen LogP contribution in [0.15, 0.2) is 46.8 Å². The molecule has 2 fully saturated rings. The van der Waals surface area contributed by atoms with Crippen LogP contribution in [0.4, 0.5) is 16.2 Å². The van der Waals surface area contributed by atoms with Gasteiger partial charge in [0.2, 0.25) is 11.6 Å². The van der Waals surface area contributed by atoms with Crippen LogP contribution in [0.3, 0.4) is 0 Å². The van der Waals surface area contributed by atoms with Gasteiger partial charge in [0, 0.05) is 48.7 Å². The topological polar surface area (TPSA) is 176 Å². The zero-order valence-corrected chi connectivity index (χ0v) is 17.8. The molecule has 1 amide bonds. The summed E-state index contributed by atoms with van der Waals surface area (Å²) in [5.74, 6) is -1.51. The molecule has 0 saturated carbocycles. The zero-order chi connectivity index (χ0) is 23.7. The molecule has 0 spiro atoms. The molecule has 1 aromatic carbocycles. The molecule has 172 valence electrons. The number of rotatable bonds is 6. The minimum absolute atomic E-state index is 0.0596.